The molecule has 16 heavy (non-hydrogen) atoms. The Morgan fingerprint density at radius 2 is 2.31 bits per heavy atom. The summed E-state index contributed by atoms with van der Waals surface area (Å²) in [5.74, 6) is 0.936. The number of β-amino-alcohol motifs (C(OH)–C–C–N with tert-alkyl or cyclic N) is 1. The number of nitrogens with zero attached hydrogens (tertiary/aromatic N) is 3. The normalized spacial score (nSPS) is 20.7. The first-order valence-electron chi connectivity index (χ1n) is 5.92. The summed E-state index contributed by atoms with van der Waals surface area (Å²) in [6.07, 6.45) is 1.26. The van der Waals surface area contributed by atoms with Crippen LogP contribution in [-0.4, -0.2) is 29.0 Å². The van der Waals surface area contributed by atoms with Crippen LogP contribution >= 0.6 is 0 Å². The van der Waals surface area contributed by atoms with Gasteiger partial charge in [0.1, 0.15) is 0 Å². The van der Waals surface area contributed by atoms with Gasteiger partial charge in [0, 0.05) is 19.5 Å². The first-order chi connectivity index (χ1) is 7.67. The summed E-state index contributed by atoms with van der Waals surface area (Å²) in [5.41, 5.74) is 0.790. The minimum absolute atomic E-state index is 0.259. The average Bonchev–Trinajstić information content (AvgIpc) is 2.82. The molecule has 5 heteroatoms. The molecule has 1 aromatic rings. The molecule has 0 bridgehead atoms. The molecule has 1 saturated heterocycles. The van der Waals surface area contributed by atoms with Gasteiger partial charge in [-0.05, 0) is 13.3 Å². The van der Waals surface area contributed by atoms with Crippen LogP contribution < -0.4 is 9.75 Å². The molecule has 1 N–H and O–H groups in total. The maximum atomic E-state index is 11.9. The van der Waals surface area contributed by atoms with Crippen LogP contribution in [0.25, 0.3) is 0 Å². The molecule has 1 fully saturated rings. The Bertz CT molecular complexity index is 376. The number of aryl methyl sites for hydroxylation is 1. The van der Waals surface area contributed by atoms with E-state index < -0.39 is 0 Å². The van der Waals surface area contributed by atoms with Crippen LogP contribution in [0.5, 0.6) is 0 Å². The van der Waals surface area contributed by atoms with Gasteiger partial charge in [0.05, 0.1) is 18.7 Å². The number of aliphatic hydroxyl groups excluding tert-OH is 1. The third-order valence-electron chi connectivity index (χ3n) is 3.17. The van der Waals surface area contributed by atoms with E-state index in [-0.39, 0.29) is 6.10 Å². The van der Waals surface area contributed by atoms with E-state index in [2.05, 4.69) is 4.90 Å². The van der Waals surface area contributed by atoms with Crippen molar-refractivity contribution in [2.75, 3.05) is 18.0 Å². The Balaban J connectivity index is 2.32. The predicted octanol–water partition coefficient (Wildman–Crippen LogP) is 0.275. The highest BCUT2D eigenvalue weighted by Gasteiger charge is 2.27. The lowest BCUT2D eigenvalue weighted by Gasteiger charge is -2.16. The van der Waals surface area contributed by atoms with Gasteiger partial charge in [0.25, 0.3) is 0 Å². The van der Waals surface area contributed by atoms with Gasteiger partial charge < -0.3 is 15.2 Å². The van der Waals surface area contributed by atoms with Gasteiger partial charge in [-0.1, -0.05) is 11.8 Å². The molecule has 0 amide bonds. The monoisotopic (exact) mass is 225 g/mol. The van der Waals surface area contributed by atoms with Gasteiger partial charge in [0.2, 0.25) is 5.69 Å². The van der Waals surface area contributed by atoms with Crippen LogP contribution in [0.4, 0.5) is 5.82 Å². The highest BCUT2D eigenvalue weighted by Crippen LogP contribution is 2.21. The van der Waals surface area contributed by atoms with Crippen molar-refractivity contribution >= 4 is 5.82 Å². The van der Waals surface area contributed by atoms with Crippen molar-refractivity contribution in [3.05, 3.63) is 17.0 Å². The summed E-state index contributed by atoms with van der Waals surface area (Å²) in [6, 6.07) is 1.94. The summed E-state index contributed by atoms with van der Waals surface area (Å²) >= 11 is 0. The molecule has 1 aromatic heterocycles. The molecule has 0 radical (unpaired) electrons. The molecule has 0 aliphatic carbocycles. The molecule has 0 aromatic carbocycles. The fourth-order valence-electron chi connectivity index (χ4n) is 2.26. The van der Waals surface area contributed by atoms with E-state index in [0.29, 0.717) is 13.1 Å². The number of anilines is 1. The average molecular weight is 225 g/mol. The Morgan fingerprint density at radius 3 is 2.81 bits per heavy atom. The summed E-state index contributed by atoms with van der Waals surface area (Å²) in [6.45, 7) is 6.06. The van der Waals surface area contributed by atoms with E-state index >= 15 is 0 Å². The van der Waals surface area contributed by atoms with Crippen LogP contribution in [0, 0.1) is 5.21 Å². The van der Waals surface area contributed by atoms with Crippen LogP contribution in [0.3, 0.4) is 0 Å². The molecular formula is C11H19N3O2. The largest absolute Gasteiger partial charge is 0.596 e. The topological polar surface area (TPSA) is 55.3 Å². The number of aromatic nitrogens is 2. The third-order valence-corrected chi connectivity index (χ3v) is 3.17. The molecule has 2 heterocycles. The van der Waals surface area contributed by atoms with E-state index in [1.165, 1.54) is 0 Å². The quantitative estimate of drug-likeness (QED) is 0.593. The van der Waals surface area contributed by atoms with Crippen LogP contribution in [0.1, 0.15) is 26.0 Å². The zero-order valence-corrected chi connectivity index (χ0v) is 9.89. The van der Waals surface area contributed by atoms with Gasteiger partial charge in [-0.25, -0.2) is 0 Å². The van der Waals surface area contributed by atoms with E-state index in [0.717, 1.165) is 35.7 Å². The molecule has 1 atom stereocenters. The first kappa shape index (κ1) is 11.3. The Labute approximate surface area is 95.5 Å². The van der Waals surface area contributed by atoms with Crippen molar-refractivity contribution in [2.45, 2.75) is 39.3 Å². The molecule has 1 unspecified atom stereocenters. The minimum atomic E-state index is -0.259. The van der Waals surface area contributed by atoms with Crippen LogP contribution in [0.15, 0.2) is 6.07 Å². The van der Waals surface area contributed by atoms with Crippen LogP contribution in [0.2, 0.25) is 0 Å². The van der Waals surface area contributed by atoms with Crippen molar-refractivity contribution in [1.82, 2.24) is 4.68 Å². The predicted molar refractivity (Wildman–Crippen MR) is 61.3 cm³/mol. The molecule has 1 aliphatic heterocycles. The lowest BCUT2D eigenvalue weighted by Crippen LogP contribution is -2.41. The van der Waals surface area contributed by atoms with Gasteiger partial charge in [-0.3, -0.25) is 0 Å². The summed E-state index contributed by atoms with van der Waals surface area (Å²) in [4.78, 5) is 3.06. The zero-order valence-electron chi connectivity index (χ0n) is 9.89. The lowest BCUT2D eigenvalue weighted by atomic mass is 10.3. The van der Waals surface area contributed by atoms with Crippen molar-refractivity contribution in [3.8, 4) is 0 Å². The molecule has 5 nitrogen and oxygen atoms in total. The van der Waals surface area contributed by atoms with E-state index in [9.17, 15) is 10.3 Å². The number of hydrogen-bond acceptors (Lipinski definition) is 3. The van der Waals surface area contributed by atoms with E-state index in [1.54, 1.807) is 4.68 Å². The van der Waals surface area contributed by atoms with Crippen molar-refractivity contribution in [3.63, 3.8) is 0 Å². The first-order valence-corrected chi connectivity index (χ1v) is 5.92. The second kappa shape index (κ2) is 4.33. The summed E-state index contributed by atoms with van der Waals surface area (Å²) in [5, 5.41) is 21.4. The maximum absolute atomic E-state index is 11.9. The fraction of sp³-hybridized carbons (Fsp3) is 0.727. The minimum Gasteiger partial charge on any atom is -0.596 e. The Kier molecular flexibility index (Phi) is 3.05. The molecular weight excluding hydrogens is 206 g/mol. The van der Waals surface area contributed by atoms with E-state index in [4.69, 9.17) is 0 Å². The second-order valence-electron chi connectivity index (χ2n) is 4.22. The van der Waals surface area contributed by atoms with Crippen LogP contribution in [-0.2, 0) is 13.0 Å². The third kappa shape index (κ3) is 1.75. The zero-order chi connectivity index (χ0) is 11.7. The van der Waals surface area contributed by atoms with E-state index in [1.807, 2.05) is 19.9 Å². The van der Waals surface area contributed by atoms with Gasteiger partial charge in [-0.15, -0.1) is 4.68 Å². The molecule has 0 spiro atoms. The smallest absolute Gasteiger partial charge is 0.223 e. The fourth-order valence-corrected chi connectivity index (χ4v) is 2.26. The maximum Gasteiger partial charge on any atom is 0.223 e. The highest BCUT2D eigenvalue weighted by atomic mass is 16.5. The lowest BCUT2D eigenvalue weighted by molar-refractivity contribution is -0.699. The highest BCUT2D eigenvalue weighted by molar-refractivity contribution is 5.40. The molecule has 2 rings (SSSR count). The molecule has 0 saturated carbocycles. The Hall–Kier alpha value is -1.23. The van der Waals surface area contributed by atoms with Crippen molar-refractivity contribution in [1.29, 1.82) is 0 Å². The number of rotatable bonds is 3. The summed E-state index contributed by atoms with van der Waals surface area (Å²) < 4.78 is 1.72. The second-order valence-corrected chi connectivity index (χ2v) is 4.22. The SMILES string of the molecule is CCc1cc(N2CCC(O)C2)n(CC)[n+]1[O-]. The molecule has 90 valence electrons. The number of aliphatic hydroxyl groups is 1. The van der Waals surface area contributed by atoms with Gasteiger partial charge in [0.15, 0.2) is 5.82 Å². The number of hydrogen-bond donors (Lipinski definition) is 1. The Morgan fingerprint density at radius 1 is 1.56 bits per heavy atom. The molecule has 1 aliphatic rings. The van der Waals surface area contributed by atoms with Gasteiger partial charge >= 0.3 is 0 Å². The van der Waals surface area contributed by atoms with Crippen molar-refractivity contribution in [2.24, 2.45) is 0 Å². The summed E-state index contributed by atoms with van der Waals surface area (Å²) in [7, 11) is 0. The van der Waals surface area contributed by atoms with Crippen molar-refractivity contribution < 1.29 is 9.95 Å². The van der Waals surface area contributed by atoms with Gasteiger partial charge in [-0.2, -0.15) is 0 Å². The standard InChI is InChI=1S/C11H19N3O2/c1-3-9-7-11(13(4-2)14(9)16)12-6-5-10(15)8-12/h7,10,15H,3-6,8H2,1-2H3.